The van der Waals surface area contributed by atoms with Crippen LogP contribution in [0.3, 0.4) is 0 Å². The summed E-state index contributed by atoms with van der Waals surface area (Å²) in [6.07, 6.45) is 4.59. The lowest BCUT2D eigenvalue weighted by Crippen LogP contribution is -2.41. The third-order valence-corrected chi connectivity index (χ3v) is 5.41. The van der Waals surface area contributed by atoms with Gasteiger partial charge in [-0.3, -0.25) is 9.78 Å². The molecule has 4 rings (SSSR count). The Labute approximate surface area is 159 Å². The minimum Gasteiger partial charge on any atom is -0.399 e. The number of pyridine rings is 1. The molecule has 1 atom stereocenters. The van der Waals surface area contributed by atoms with Crippen LogP contribution in [0.2, 0.25) is 0 Å². The second-order valence-electron chi connectivity index (χ2n) is 7.71. The standard InChI is InChI=1S/C22H26N4O/c1-14(2)22(27)25-16-7-9-21-19(12-16)18-11-15(23)6-8-20(18)26(21)13-17-5-3-4-10-24-17/h3-6,8,10-11,14,16H,7,9,12-13,23H2,1-2H3,(H,25,27). The lowest BCUT2D eigenvalue weighted by Gasteiger charge is -2.26. The first kappa shape index (κ1) is 17.6. The van der Waals surface area contributed by atoms with E-state index >= 15 is 0 Å². The van der Waals surface area contributed by atoms with Crippen molar-refractivity contribution in [2.45, 2.75) is 45.7 Å². The second-order valence-corrected chi connectivity index (χ2v) is 7.71. The summed E-state index contributed by atoms with van der Waals surface area (Å²) in [5.74, 6) is 0.132. The topological polar surface area (TPSA) is 72.9 Å². The van der Waals surface area contributed by atoms with Gasteiger partial charge in [0.25, 0.3) is 0 Å². The molecule has 1 aliphatic carbocycles. The van der Waals surface area contributed by atoms with Crippen LogP contribution >= 0.6 is 0 Å². The van der Waals surface area contributed by atoms with Crippen LogP contribution in [0.1, 0.15) is 37.2 Å². The van der Waals surface area contributed by atoms with Gasteiger partial charge in [-0.2, -0.15) is 0 Å². The number of nitrogens with zero attached hydrogens (tertiary/aromatic N) is 2. The molecular weight excluding hydrogens is 336 g/mol. The number of carbonyl (C=O) groups is 1. The monoisotopic (exact) mass is 362 g/mol. The molecule has 1 amide bonds. The number of amides is 1. The van der Waals surface area contributed by atoms with E-state index in [4.69, 9.17) is 5.73 Å². The molecule has 140 valence electrons. The molecule has 0 radical (unpaired) electrons. The number of anilines is 1. The summed E-state index contributed by atoms with van der Waals surface area (Å²) < 4.78 is 2.37. The Balaban J connectivity index is 1.73. The van der Waals surface area contributed by atoms with Crippen molar-refractivity contribution in [3.63, 3.8) is 0 Å². The van der Waals surface area contributed by atoms with E-state index in [1.807, 2.05) is 38.2 Å². The van der Waals surface area contributed by atoms with Crippen molar-refractivity contribution < 1.29 is 4.79 Å². The van der Waals surface area contributed by atoms with E-state index in [9.17, 15) is 4.79 Å². The fraction of sp³-hybridized carbons (Fsp3) is 0.364. The average molecular weight is 362 g/mol. The van der Waals surface area contributed by atoms with Crippen molar-refractivity contribution in [3.8, 4) is 0 Å². The Morgan fingerprint density at radius 1 is 1.33 bits per heavy atom. The Morgan fingerprint density at radius 2 is 2.19 bits per heavy atom. The normalized spacial score (nSPS) is 16.5. The smallest absolute Gasteiger partial charge is 0.222 e. The average Bonchev–Trinajstić information content (AvgIpc) is 2.95. The second kappa shape index (κ2) is 7.06. The number of hydrogen-bond donors (Lipinski definition) is 2. The van der Waals surface area contributed by atoms with Crippen LogP contribution in [0.4, 0.5) is 5.69 Å². The van der Waals surface area contributed by atoms with Crippen LogP contribution in [0.15, 0.2) is 42.6 Å². The molecule has 3 aromatic rings. The van der Waals surface area contributed by atoms with Gasteiger partial charge in [-0.25, -0.2) is 0 Å². The first-order valence-electron chi connectivity index (χ1n) is 9.62. The lowest BCUT2D eigenvalue weighted by molar-refractivity contribution is -0.124. The maximum absolute atomic E-state index is 12.1. The van der Waals surface area contributed by atoms with Crippen molar-refractivity contribution >= 4 is 22.5 Å². The molecule has 0 spiro atoms. The van der Waals surface area contributed by atoms with Gasteiger partial charge in [-0.15, -0.1) is 0 Å². The van der Waals surface area contributed by atoms with E-state index in [2.05, 4.69) is 33.1 Å². The molecule has 0 bridgehead atoms. The summed E-state index contributed by atoms with van der Waals surface area (Å²) in [7, 11) is 0. The SMILES string of the molecule is CC(C)C(=O)NC1CCc2c(c3cc(N)ccc3n2Cc2ccccn2)C1. The first-order chi connectivity index (χ1) is 13.0. The molecule has 1 unspecified atom stereocenters. The van der Waals surface area contributed by atoms with Gasteiger partial charge < -0.3 is 15.6 Å². The molecule has 3 N–H and O–H groups in total. The zero-order chi connectivity index (χ0) is 19.0. The van der Waals surface area contributed by atoms with E-state index < -0.39 is 0 Å². The zero-order valence-corrected chi connectivity index (χ0v) is 15.9. The number of fused-ring (bicyclic) bond motifs is 3. The summed E-state index contributed by atoms with van der Waals surface area (Å²) in [5.41, 5.74) is 11.7. The zero-order valence-electron chi connectivity index (χ0n) is 15.9. The number of benzene rings is 1. The first-order valence-corrected chi connectivity index (χ1v) is 9.62. The highest BCUT2D eigenvalue weighted by molar-refractivity contribution is 5.89. The Bertz CT molecular complexity index is 975. The minimum absolute atomic E-state index is 0.00698. The highest BCUT2D eigenvalue weighted by atomic mass is 16.1. The number of hydrogen-bond acceptors (Lipinski definition) is 3. The number of nitrogens with one attached hydrogen (secondary N) is 1. The highest BCUT2D eigenvalue weighted by Crippen LogP contribution is 2.34. The third-order valence-electron chi connectivity index (χ3n) is 5.41. The molecule has 0 saturated heterocycles. The van der Waals surface area contributed by atoms with Gasteiger partial charge in [-0.05, 0) is 55.2 Å². The molecule has 2 aromatic heterocycles. The van der Waals surface area contributed by atoms with Crippen molar-refractivity contribution in [1.82, 2.24) is 14.9 Å². The fourth-order valence-electron chi connectivity index (χ4n) is 3.99. The molecule has 0 aliphatic heterocycles. The van der Waals surface area contributed by atoms with Crippen molar-refractivity contribution in [3.05, 3.63) is 59.5 Å². The van der Waals surface area contributed by atoms with Gasteiger partial charge in [0, 0.05) is 40.4 Å². The number of carbonyl (C=O) groups excluding carboxylic acids is 1. The van der Waals surface area contributed by atoms with Crippen LogP contribution in [0, 0.1) is 5.92 Å². The maximum atomic E-state index is 12.1. The van der Waals surface area contributed by atoms with Gasteiger partial charge in [0.15, 0.2) is 0 Å². The highest BCUT2D eigenvalue weighted by Gasteiger charge is 2.27. The van der Waals surface area contributed by atoms with Crippen molar-refractivity contribution in [2.24, 2.45) is 5.92 Å². The maximum Gasteiger partial charge on any atom is 0.222 e. The van der Waals surface area contributed by atoms with Crippen LogP contribution in [-0.2, 0) is 24.2 Å². The molecule has 0 fully saturated rings. The van der Waals surface area contributed by atoms with Crippen LogP contribution < -0.4 is 11.1 Å². The summed E-state index contributed by atoms with van der Waals surface area (Å²) >= 11 is 0. The van der Waals surface area contributed by atoms with E-state index in [0.717, 1.165) is 37.2 Å². The number of nitrogen functional groups attached to an aromatic ring is 1. The number of nitrogens with two attached hydrogens (primary N) is 1. The molecular formula is C22H26N4O. The number of rotatable bonds is 4. The van der Waals surface area contributed by atoms with Crippen LogP contribution in [0.5, 0.6) is 0 Å². The lowest BCUT2D eigenvalue weighted by atomic mass is 9.91. The van der Waals surface area contributed by atoms with Gasteiger partial charge in [-0.1, -0.05) is 19.9 Å². The van der Waals surface area contributed by atoms with Gasteiger partial charge in [0.1, 0.15) is 0 Å². The molecule has 0 saturated carbocycles. The van der Waals surface area contributed by atoms with E-state index in [0.29, 0.717) is 0 Å². The molecule has 5 nitrogen and oxygen atoms in total. The van der Waals surface area contributed by atoms with Crippen molar-refractivity contribution in [1.29, 1.82) is 0 Å². The molecule has 2 heterocycles. The quantitative estimate of drug-likeness (QED) is 0.700. The van der Waals surface area contributed by atoms with Crippen molar-refractivity contribution in [2.75, 3.05) is 5.73 Å². The predicted molar refractivity (Wildman–Crippen MR) is 108 cm³/mol. The van der Waals surface area contributed by atoms with E-state index in [1.165, 1.54) is 22.2 Å². The third kappa shape index (κ3) is 3.42. The Kier molecular flexibility index (Phi) is 4.60. The summed E-state index contributed by atoms with van der Waals surface area (Å²) in [4.78, 5) is 16.6. The molecule has 27 heavy (non-hydrogen) atoms. The summed E-state index contributed by atoms with van der Waals surface area (Å²) in [5, 5.41) is 4.40. The van der Waals surface area contributed by atoms with Crippen LogP contribution in [0.25, 0.3) is 10.9 Å². The summed E-state index contributed by atoms with van der Waals surface area (Å²) in [6, 6.07) is 12.3. The van der Waals surface area contributed by atoms with Gasteiger partial charge in [0.2, 0.25) is 5.91 Å². The number of aromatic nitrogens is 2. The van der Waals surface area contributed by atoms with E-state index in [1.54, 1.807) is 0 Å². The van der Waals surface area contributed by atoms with Gasteiger partial charge >= 0.3 is 0 Å². The molecule has 5 heteroatoms. The Morgan fingerprint density at radius 3 is 2.93 bits per heavy atom. The summed E-state index contributed by atoms with van der Waals surface area (Å²) in [6.45, 7) is 4.62. The van der Waals surface area contributed by atoms with Gasteiger partial charge in [0.05, 0.1) is 12.2 Å². The molecule has 1 aromatic carbocycles. The largest absolute Gasteiger partial charge is 0.399 e. The predicted octanol–water partition coefficient (Wildman–Crippen LogP) is 3.30. The van der Waals surface area contributed by atoms with Crippen LogP contribution in [-0.4, -0.2) is 21.5 Å². The fourth-order valence-corrected chi connectivity index (χ4v) is 3.99. The van der Waals surface area contributed by atoms with E-state index in [-0.39, 0.29) is 17.9 Å². The Hall–Kier alpha value is -2.82. The minimum atomic E-state index is 0.00698. The molecule has 1 aliphatic rings.